The van der Waals surface area contributed by atoms with Crippen LogP contribution in [0.5, 0.6) is 0 Å². The Labute approximate surface area is 87.5 Å². The average Bonchev–Trinajstić information content (AvgIpc) is 2.42. The van der Waals surface area contributed by atoms with E-state index in [0.717, 1.165) is 11.0 Å². The van der Waals surface area contributed by atoms with Crippen LogP contribution in [0.25, 0.3) is 11.0 Å². The number of imidazole rings is 1. The van der Waals surface area contributed by atoms with Crippen molar-refractivity contribution < 1.29 is 0 Å². The molecule has 0 saturated heterocycles. The van der Waals surface area contributed by atoms with Gasteiger partial charge in [0.05, 0.1) is 16.1 Å². The van der Waals surface area contributed by atoms with Crippen LogP contribution in [-0.4, -0.2) is 9.55 Å². The number of para-hydroxylation sites is 1. The van der Waals surface area contributed by atoms with Crippen molar-refractivity contribution in [3.63, 3.8) is 0 Å². The third-order valence-corrected chi connectivity index (χ3v) is 2.51. The first-order valence-corrected chi connectivity index (χ1v) is 4.91. The predicted molar refractivity (Wildman–Crippen MR) is 59.5 cm³/mol. The first kappa shape index (κ1) is 9.34. The van der Waals surface area contributed by atoms with E-state index < -0.39 is 0 Å². The van der Waals surface area contributed by atoms with Crippen LogP contribution in [0, 0.1) is 0 Å². The molecule has 0 atom stereocenters. The Hall–Kier alpha value is -1.22. The van der Waals surface area contributed by atoms with Gasteiger partial charge in [0.15, 0.2) is 0 Å². The maximum Gasteiger partial charge on any atom is 0.201 e. The molecule has 74 valence electrons. The monoisotopic (exact) mass is 209 g/mol. The van der Waals surface area contributed by atoms with E-state index in [1.165, 1.54) is 0 Å². The molecule has 0 amide bonds. The highest BCUT2D eigenvalue weighted by molar-refractivity contribution is 6.35. The van der Waals surface area contributed by atoms with E-state index in [1.54, 1.807) is 0 Å². The van der Waals surface area contributed by atoms with Crippen molar-refractivity contribution in [2.75, 3.05) is 5.73 Å². The Morgan fingerprint density at radius 3 is 2.79 bits per heavy atom. The lowest BCUT2D eigenvalue weighted by atomic mass is 10.3. The van der Waals surface area contributed by atoms with Gasteiger partial charge in [-0.1, -0.05) is 17.7 Å². The molecule has 1 aromatic carbocycles. The van der Waals surface area contributed by atoms with Crippen molar-refractivity contribution in [3.05, 3.63) is 23.2 Å². The van der Waals surface area contributed by atoms with E-state index in [2.05, 4.69) is 18.8 Å². The maximum absolute atomic E-state index is 6.10. The van der Waals surface area contributed by atoms with Gasteiger partial charge < -0.3 is 10.3 Å². The number of hydrogen-bond acceptors (Lipinski definition) is 2. The summed E-state index contributed by atoms with van der Waals surface area (Å²) in [6.45, 7) is 4.11. The molecule has 0 aliphatic rings. The topological polar surface area (TPSA) is 43.8 Å². The average molecular weight is 210 g/mol. The van der Waals surface area contributed by atoms with E-state index in [9.17, 15) is 0 Å². The molecule has 2 aromatic rings. The fourth-order valence-corrected chi connectivity index (χ4v) is 1.91. The Bertz CT molecular complexity index is 473. The predicted octanol–water partition coefficient (Wildman–Crippen LogP) is 2.85. The highest BCUT2D eigenvalue weighted by Gasteiger charge is 2.12. The fraction of sp³-hybridized carbons (Fsp3) is 0.300. The van der Waals surface area contributed by atoms with E-state index in [4.69, 9.17) is 17.3 Å². The summed E-state index contributed by atoms with van der Waals surface area (Å²) in [5, 5.41) is 0.695. The summed E-state index contributed by atoms with van der Waals surface area (Å²) in [7, 11) is 0. The van der Waals surface area contributed by atoms with Gasteiger partial charge in [-0.15, -0.1) is 0 Å². The first-order valence-electron chi connectivity index (χ1n) is 4.53. The lowest BCUT2D eigenvalue weighted by molar-refractivity contribution is 0.627. The zero-order valence-corrected chi connectivity index (χ0v) is 8.92. The van der Waals surface area contributed by atoms with Crippen LogP contribution in [0.3, 0.4) is 0 Å². The number of nitrogens with zero attached hydrogens (tertiary/aromatic N) is 2. The number of nitrogen functional groups attached to an aromatic ring is 1. The van der Waals surface area contributed by atoms with Crippen molar-refractivity contribution in [2.45, 2.75) is 19.9 Å². The number of nitrogens with two attached hydrogens (primary N) is 1. The Morgan fingerprint density at radius 2 is 2.14 bits per heavy atom. The number of fused-ring (bicyclic) bond motifs is 1. The molecule has 0 fully saturated rings. The summed E-state index contributed by atoms with van der Waals surface area (Å²) in [5.41, 5.74) is 7.59. The minimum Gasteiger partial charge on any atom is -0.369 e. The van der Waals surface area contributed by atoms with Crippen LogP contribution >= 0.6 is 11.6 Å². The zero-order valence-electron chi connectivity index (χ0n) is 8.16. The highest BCUT2D eigenvalue weighted by atomic mass is 35.5. The van der Waals surface area contributed by atoms with Gasteiger partial charge in [0, 0.05) is 6.04 Å². The van der Waals surface area contributed by atoms with Crippen LogP contribution < -0.4 is 5.73 Å². The quantitative estimate of drug-likeness (QED) is 0.785. The molecule has 0 saturated carbocycles. The summed E-state index contributed by atoms with van der Waals surface area (Å²) < 4.78 is 1.94. The molecule has 0 spiro atoms. The zero-order chi connectivity index (χ0) is 10.3. The van der Waals surface area contributed by atoms with Gasteiger partial charge in [0.2, 0.25) is 5.95 Å². The van der Waals surface area contributed by atoms with Gasteiger partial charge in [-0.3, -0.25) is 0 Å². The van der Waals surface area contributed by atoms with Gasteiger partial charge in [-0.2, -0.15) is 0 Å². The van der Waals surface area contributed by atoms with Crippen LogP contribution in [0.4, 0.5) is 5.95 Å². The standard InChI is InChI=1S/C10H12ClN3/c1-6(2)14-9-7(11)4-3-5-8(9)13-10(14)12/h3-6H,1-2H3,(H2,12,13). The number of anilines is 1. The van der Waals surface area contributed by atoms with E-state index >= 15 is 0 Å². The molecule has 0 unspecified atom stereocenters. The third kappa shape index (κ3) is 1.24. The Balaban J connectivity index is 2.86. The molecule has 0 aliphatic heterocycles. The lowest BCUT2D eigenvalue weighted by Gasteiger charge is -2.10. The number of benzene rings is 1. The highest BCUT2D eigenvalue weighted by Crippen LogP contribution is 2.28. The van der Waals surface area contributed by atoms with E-state index in [0.29, 0.717) is 11.0 Å². The molecule has 0 bridgehead atoms. The molecule has 0 radical (unpaired) electrons. The molecule has 0 aliphatic carbocycles. The molecule has 2 rings (SSSR count). The molecular weight excluding hydrogens is 198 g/mol. The van der Waals surface area contributed by atoms with Gasteiger partial charge in [-0.05, 0) is 26.0 Å². The van der Waals surface area contributed by atoms with Gasteiger partial charge in [0.25, 0.3) is 0 Å². The van der Waals surface area contributed by atoms with Gasteiger partial charge in [-0.25, -0.2) is 4.98 Å². The van der Waals surface area contributed by atoms with Crippen molar-refractivity contribution >= 4 is 28.6 Å². The van der Waals surface area contributed by atoms with Crippen LogP contribution in [0.15, 0.2) is 18.2 Å². The van der Waals surface area contributed by atoms with Gasteiger partial charge >= 0.3 is 0 Å². The molecular formula is C10H12ClN3. The number of aromatic nitrogens is 2. The SMILES string of the molecule is CC(C)n1c(N)nc2cccc(Cl)c21. The van der Waals surface area contributed by atoms with Crippen LogP contribution in [0.2, 0.25) is 5.02 Å². The summed E-state index contributed by atoms with van der Waals surface area (Å²) in [4.78, 5) is 4.25. The van der Waals surface area contributed by atoms with E-state index in [-0.39, 0.29) is 6.04 Å². The Kier molecular flexibility index (Phi) is 2.11. The van der Waals surface area contributed by atoms with Crippen LogP contribution in [0.1, 0.15) is 19.9 Å². The van der Waals surface area contributed by atoms with Gasteiger partial charge in [0.1, 0.15) is 0 Å². The summed E-state index contributed by atoms with van der Waals surface area (Å²) >= 11 is 6.10. The second-order valence-corrected chi connectivity index (χ2v) is 3.95. The minimum absolute atomic E-state index is 0.264. The van der Waals surface area contributed by atoms with E-state index in [1.807, 2.05) is 22.8 Å². The molecule has 1 heterocycles. The first-order chi connectivity index (χ1) is 6.61. The molecule has 2 N–H and O–H groups in total. The summed E-state index contributed by atoms with van der Waals surface area (Å²) in [5.74, 6) is 0.517. The second-order valence-electron chi connectivity index (χ2n) is 3.54. The lowest BCUT2D eigenvalue weighted by Crippen LogP contribution is -2.05. The summed E-state index contributed by atoms with van der Waals surface area (Å²) in [6.07, 6.45) is 0. The smallest absolute Gasteiger partial charge is 0.201 e. The Morgan fingerprint density at radius 1 is 1.43 bits per heavy atom. The number of rotatable bonds is 1. The maximum atomic E-state index is 6.10. The molecule has 1 aromatic heterocycles. The fourth-order valence-electron chi connectivity index (χ4n) is 1.65. The van der Waals surface area contributed by atoms with Crippen LogP contribution in [-0.2, 0) is 0 Å². The van der Waals surface area contributed by atoms with Crippen molar-refractivity contribution in [1.82, 2.24) is 9.55 Å². The second kappa shape index (κ2) is 3.17. The number of hydrogen-bond donors (Lipinski definition) is 1. The molecule has 3 nitrogen and oxygen atoms in total. The van der Waals surface area contributed by atoms with Crippen molar-refractivity contribution in [3.8, 4) is 0 Å². The number of halogens is 1. The van der Waals surface area contributed by atoms with Crippen molar-refractivity contribution in [2.24, 2.45) is 0 Å². The van der Waals surface area contributed by atoms with Crippen molar-refractivity contribution in [1.29, 1.82) is 0 Å². The third-order valence-electron chi connectivity index (χ3n) is 2.20. The normalized spacial score (nSPS) is 11.4. The molecule has 4 heteroatoms. The molecule has 14 heavy (non-hydrogen) atoms. The summed E-state index contributed by atoms with van der Waals surface area (Å²) in [6, 6.07) is 5.90. The minimum atomic E-state index is 0.264. The largest absolute Gasteiger partial charge is 0.369 e.